The summed E-state index contributed by atoms with van der Waals surface area (Å²) in [6.45, 7) is 12.4. The first-order valence-corrected chi connectivity index (χ1v) is 10.5. The summed E-state index contributed by atoms with van der Waals surface area (Å²) in [6, 6.07) is 0. The quantitative estimate of drug-likeness (QED) is 0.781. The summed E-state index contributed by atoms with van der Waals surface area (Å²) in [5.41, 5.74) is 1.75. The number of piperazine rings is 1. The van der Waals surface area contributed by atoms with Crippen LogP contribution in [0, 0.1) is 11.8 Å². The highest BCUT2D eigenvalue weighted by Gasteiger charge is 2.21. The van der Waals surface area contributed by atoms with Crippen LogP contribution in [0.25, 0.3) is 5.70 Å². The van der Waals surface area contributed by atoms with Gasteiger partial charge in [0, 0.05) is 57.3 Å². The van der Waals surface area contributed by atoms with E-state index in [9.17, 15) is 4.79 Å². The van der Waals surface area contributed by atoms with Gasteiger partial charge in [-0.25, -0.2) is 9.67 Å². The fraction of sp³-hybridized carbons (Fsp3) is 0.667. The van der Waals surface area contributed by atoms with Crippen molar-refractivity contribution in [3.63, 3.8) is 0 Å². The molecule has 1 atom stereocenters. The predicted molar refractivity (Wildman–Crippen MR) is 114 cm³/mol. The number of fused-ring (bicyclic) bond motifs is 1. The van der Waals surface area contributed by atoms with Gasteiger partial charge in [-0.1, -0.05) is 26.8 Å². The second kappa shape index (κ2) is 9.47. The van der Waals surface area contributed by atoms with Crippen LogP contribution in [0.3, 0.4) is 0 Å². The molecule has 2 aliphatic heterocycles. The van der Waals surface area contributed by atoms with Gasteiger partial charge in [0.15, 0.2) is 5.82 Å². The molecule has 0 aliphatic carbocycles. The van der Waals surface area contributed by atoms with Crippen molar-refractivity contribution < 1.29 is 4.79 Å². The molecule has 1 N–H and O–H groups in total. The summed E-state index contributed by atoms with van der Waals surface area (Å²) < 4.78 is 1.98. The Bertz CT molecular complexity index is 727. The lowest BCUT2D eigenvalue weighted by molar-refractivity contribution is -0.122. The van der Waals surface area contributed by atoms with E-state index in [1.165, 1.54) is 0 Å². The van der Waals surface area contributed by atoms with E-state index in [2.05, 4.69) is 40.3 Å². The second-order valence-corrected chi connectivity index (χ2v) is 8.18. The summed E-state index contributed by atoms with van der Waals surface area (Å²) >= 11 is 0. The fourth-order valence-electron chi connectivity index (χ4n) is 3.51. The predicted octanol–water partition coefficient (Wildman–Crippen LogP) is 2.38. The maximum Gasteiger partial charge on any atom is 0.226 e. The van der Waals surface area contributed by atoms with Crippen molar-refractivity contribution in [2.75, 3.05) is 39.8 Å². The van der Waals surface area contributed by atoms with E-state index in [-0.39, 0.29) is 17.7 Å². The monoisotopic (exact) mass is 386 g/mol. The number of hydrogen-bond donors (Lipinski definition) is 1. The Kier molecular flexibility index (Phi) is 7.02. The van der Waals surface area contributed by atoms with Gasteiger partial charge < -0.3 is 15.1 Å². The van der Waals surface area contributed by atoms with Gasteiger partial charge in [0.1, 0.15) is 0 Å². The Balaban J connectivity index is 1.68. The first-order valence-electron chi connectivity index (χ1n) is 10.5. The third-order valence-electron chi connectivity index (χ3n) is 5.56. The third kappa shape index (κ3) is 5.08. The fourth-order valence-corrected chi connectivity index (χ4v) is 3.51. The Morgan fingerprint density at radius 2 is 2.00 bits per heavy atom. The zero-order chi connectivity index (χ0) is 20.1. The molecule has 2 aliphatic rings. The highest BCUT2D eigenvalue weighted by atomic mass is 16.1. The number of allylic oxidation sites excluding steroid dienone is 1. The van der Waals surface area contributed by atoms with Crippen molar-refractivity contribution in [3.05, 3.63) is 17.8 Å². The summed E-state index contributed by atoms with van der Waals surface area (Å²) in [5.74, 6) is 1.03. The van der Waals surface area contributed by atoms with E-state index in [1.54, 1.807) is 0 Å². The van der Waals surface area contributed by atoms with Crippen LogP contribution in [0.5, 0.6) is 0 Å². The molecule has 7 nitrogen and oxygen atoms in total. The summed E-state index contributed by atoms with van der Waals surface area (Å²) in [7, 11) is 2.18. The number of aromatic nitrogens is 2. The van der Waals surface area contributed by atoms with E-state index in [4.69, 9.17) is 4.99 Å². The molecular formula is C21H34N6O. The van der Waals surface area contributed by atoms with E-state index in [0.717, 1.165) is 69.2 Å². The van der Waals surface area contributed by atoms with E-state index in [0.29, 0.717) is 0 Å². The minimum atomic E-state index is -0.0627. The first kappa shape index (κ1) is 20.7. The van der Waals surface area contributed by atoms with Crippen molar-refractivity contribution in [2.24, 2.45) is 16.8 Å². The van der Waals surface area contributed by atoms with Gasteiger partial charge in [0.2, 0.25) is 5.91 Å². The Labute approximate surface area is 168 Å². The molecule has 3 heterocycles. The zero-order valence-corrected chi connectivity index (χ0v) is 17.7. The Morgan fingerprint density at radius 1 is 1.25 bits per heavy atom. The van der Waals surface area contributed by atoms with Gasteiger partial charge >= 0.3 is 0 Å². The third-order valence-corrected chi connectivity index (χ3v) is 5.56. The van der Waals surface area contributed by atoms with Crippen LogP contribution in [-0.2, 0) is 11.3 Å². The lowest BCUT2D eigenvalue weighted by atomic mass is 10.1. The van der Waals surface area contributed by atoms with Crippen LogP contribution in [-0.4, -0.2) is 71.5 Å². The van der Waals surface area contributed by atoms with Crippen molar-refractivity contribution >= 4 is 23.6 Å². The number of nitrogens with one attached hydrogen (secondary N) is 1. The Morgan fingerprint density at radius 3 is 2.68 bits per heavy atom. The normalized spacial score (nSPS) is 20.8. The van der Waals surface area contributed by atoms with Gasteiger partial charge in [-0.05, 0) is 19.9 Å². The van der Waals surface area contributed by atoms with Gasteiger partial charge in [0.05, 0.1) is 17.5 Å². The van der Waals surface area contributed by atoms with Crippen LogP contribution >= 0.6 is 0 Å². The molecule has 1 amide bonds. The number of likely N-dealkylation sites (N-methyl/N-ethyl adjacent to an activating group) is 1. The molecule has 1 aromatic rings. The number of aryl methyl sites for hydroxylation is 1. The molecule has 1 fully saturated rings. The highest BCUT2D eigenvalue weighted by molar-refractivity contribution is 5.91. The van der Waals surface area contributed by atoms with E-state index >= 15 is 0 Å². The number of aliphatic imine (C=N–C) groups is 1. The SMILES string of the molecule is CCC1C=Nc2c(cnn2CCCN2CCN(C)CC2)C(NC(=O)C(C)C)=C1. The first-order chi connectivity index (χ1) is 13.5. The van der Waals surface area contributed by atoms with Crippen molar-refractivity contribution in [2.45, 2.75) is 40.2 Å². The molecule has 1 unspecified atom stereocenters. The van der Waals surface area contributed by atoms with Gasteiger partial charge in [0.25, 0.3) is 0 Å². The summed E-state index contributed by atoms with van der Waals surface area (Å²) in [6.07, 6.45) is 7.92. The lowest BCUT2D eigenvalue weighted by Crippen LogP contribution is -2.44. The van der Waals surface area contributed by atoms with Crippen LogP contribution in [0.4, 0.5) is 5.82 Å². The standard InChI is InChI=1S/C21H34N6O/c1-5-17-13-19(24-21(28)16(2)3)18-15-23-27(20(18)22-14-17)8-6-7-26-11-9-25(4)10-12-26/h13-17H,5-12H2,1-4H3,(H,24,28). The van der Waals surface area contributed by atoms with Gasteiger partial charge in [-0.2, -0.15) is 5.10 Å². The highest BCUT2D eigenvalue weighted by Crippen LogP contribution is 2.29. The van der Waals surface area contributed by atoms with Gasteiger partial charge in [-0.3, -0.25) is 4.79 Å². The van der Waals surface area contributed by atoms with Crippen LogP contribution < -0.4 is 5.32 Å². The summed E-state index contributed by atoms with van der Waals surface area (Å²) in [5, 5.41) is 7.65. The topological polar surface area (TPSA) is 65.8 Å². The number of carbonyl (C=O) groups is 1. The molecule has 0 saturated carbocycles. The number of carbonyl (C=O) groups excluding carboxylic acids is 1. The molecule has 1 aromatic heterocycles. The number of amides is 1. The van der Waals surface area contributed by atoms with E-state index in [1.807, 2.05) is 30.9 Å². The summed E-state index contributed by atoms with van der Waals surface area (Å²) in [4.78, 5) is 21.9. The maximum atomic E-state index is 12.3. The molecule has 28 heavy (non-hydrogen) atoms. The van der Waals surface area contributed by atoms with Crippen LogP contribution in [0.15, 0.2) is 17.3 Å². The molecule has 154 valence electrons. The molecule has 0 spiro atoms. The number of hydrogen-bond acceptors (Lipinski definition) is 5. The Hall–Kier alpha value is -1.99. The van der Waals surface area contributed by atoms with Crippen LogP contribution in [0.2, 0.25) is 0 Å². The molecule has 7 heteroatoms. The van der Waals surface area contributed by atoms with Crippen molar-refractivity contribution in [1.29, 1.82) is 0 Å². The number of nitrogens with zero attached hydrogens (tertiary/aromatic N) is 5. The maximum absolute atomic E-state index is 12.3. The lowest BCUT2D eigenvalue weighted by Gasteiger charge is -2.32. The van der Waals surface area contributed by atoms with Crippen molar-refractivity contribution in [3.8, 4) is 0 Å². The largest absolute Gasteiger partial charge is 0.325 e. The molecule has 3 rings (SSSR count). The average Bonchev–Trinajstić information content (AvgIpc) is 2.99. The molecule has 1 saturated heterocycles. The molecule has 0 aromatic carbocycles. The molecule has 0 radical (unpaired) electrons. The molecular weight excluding hydrogens is 352 g/mol. The minimum absolute atomic E-state index is 0.0248. The average molecular weight is 387 g/mol. The smallest absolute Gasteiger partial charge is 0.226 e. The molecule has 0 bridgehead atoms. The minimum Gasteiger partial charge on any atom is -0.325 e. The van der Waals surface area contributed by atoms with Gasteiger partial charge in [-0.15, -0.1) is 0 Å². The zero-order valence-electron chi connectivity index (χ0n) is 17.7. The second-order valence-electron chi connectivity index (χ2n) is 8.18. The van der Waals surface area contributed by atoms with Crippen molar-refractivity contribution in [1.82, 2.24) is 24.9 Å². The van der Waals surface area contributed by atoms with Crippen LogP contribution in [0.1, 0.15) is 39.2 Å². The van der Waals surface area contributed by atoms with E-state index < -0.39 is 0 Å². The number of rotatable bonds is 7.